The van der Waals surface area contributed by atoms with Gasteiger partial charge in [0.05, 0.1) is 10.9 Å². The van der Waals surface area contributed by atoms with E-state index in [0.29, 0.717) is 5.69 Å². The van der Waals surface area contributed by atoms with Crippen LogP contribution < -0.4 is 9.83 Å². The first-order valence-corrected chi connectivity index (χ1v) is 6.87. The lowest BCUT2D eigenvalue weighted by atomic mass is 10.2. The van der Waals surface area contributed by atoms with Crippen LogP contribution >= 0.6 is 0 Å². The topological polar surface area (TPSA) is 86.3 Å². The smallest absolute Gasteiger partial charge is 0.261 e. The molecule has 0 aromatic heterocycles. The third-order valence-electron chi connectivity index (χ3n) is 2.43. The van der Waals surface area contributed by atoms with Crippen LogP contribution in [0.3, 0.4) is 0 Å². The quantitative estimate of drug-likeness (QED) is 0.897. The molecule has 0 heterocycles. The maximum Gasteiger partial charge on any atom is 0.261 e. The van der Waals surface area contributed by atoms with Crippen molar-refractivity contribution in [2.75, 3.05) is 4.72 Å². The van der Waals surface area contributed by atoms with Crippen LogP contribution in [0, 0.1) is 0 Å². The lowest BCUT2D eigenvalue weighted by Gasteiger charge is -2.09. The highest BCUT2D eigenvalue weighted by Gasteiger charge is 2.13. The van der Waals surface area contributed by atoms with Crippen LogP contribution in [0.25, 0.3) is 0 Å². The molecule has 0 aliphatic carbocycles. The molecule has 0 saturated carbocycles. The number of para-hydroxylation sites is 1. The van der Waals surface area contributed by atoms with Crippen molar-refractivity contribution < 1.29 is 18.3 Å². The van der Waals surface area contributed by atoms with Crippen LogP contribution in [0.5, 0.6) is 0 Å². The molecule has 0 radical (unpaired) electrons. The average Bonchev–Trinajstić information content (AvgIpc) is 2.39. The van der Waals surface area contributed by atoms with E-state index in [4.69, 9.17) is 0 Å². The normalized spacial score (nSPS) is 10.9. The largest absolute Gasteiger partial charge is 0.545 e. The molecule has 2 aromatic rings. The second-order valence-corrected chi connectivity index (χ2v) is 5.47. The molecule has 0 fully saturated rings. The molecule has 0 saturated heterocycles. The Morgan fingerprint density at radius 2 is 1.53 bits per heavy atom. The molecule has 6 heteroatoms. The van der Waals surface area contributed by atoms with Gasteiger partial charge in [0.15, 0.2) is 0 Å². The first-order valence-electron chi connectivity index (χ1n) is 5.38. The molecule has 0 aliphatic heterocycles. The van der Waals surface area contributed by atoms with E-state index in [2.05, 4.69) is 4.72 Å². The summed E-state index contributed by atoms with van der Waals surface area (Å²) >= 11 is 0. The summed E-state index contributed by atoms with van der Waals surface area (Å²) < 4.78 is 26.4. The first-order chi connectivity index (χ1) is 8.99. The van der Waals surface area contributed by atoms with E-state index >= 15 is 0 Å². The van der Waals surface area contributed by atoms with Gasteiger partial charge in [-0.3, -0.25) is 4.72 Å². The summed E-state index contributed by atoms with van der Waals surface area (Å²) in [5.74, 6) is -1.35. The molecule has 2 aromatic carbocycles. The number of benzene rings is 2. The number of nitrogens with one attached hydrogen (secondary N) is 1. The fourth-order valence-corrected chi connectivity index (χ4v) is 2.55. The standard InChI is InChI=1S/C13H11NO4S/c15-13(16)10-6-8-12(9-7-10)19(17,18)14-11-4-2-1-3-5-11/h1-9,14H,(H,15,16)/p-1. The van der Waals surface area contributed by atoms with Gasteiger partial charge in [-0.25, -0.2) is 8.42 Å². The number of hydrogen-bond acceptors (Lipinski definition) is 4. The van der Waals surface area contributed by atoms with Gasteiger partial charge in [0.1, 0.15) is 0 Å². The summed E-state index contributed by atoms with van der Waals surface area (Å²) in [6.45, 7) is 0. The molecule has 2 rings (SSSR count). The Kier molecular flexibility index (Phi) is 3.52. The zero-order valence-electron chi connectivity index (χ0n) is 9.74. The zero-order valence-corrected chi connectivity index (χ0v) is 10.6. The highest BCUT2D eigenvalue weighted by atomic mass is 32.2. The number of hydrogen-bond donors (Lipinski definition) is 1. The third-order valence-corrected chi connectivity index (χ3v) is 3.82. The van der Waals surface area contributed by atoms with Crippen LogP contribution in [-0.2, 0) is 10.0 Å². The van der Waals surface area contributed by atoms with Gasteiger partial charge in [-0.2, -0.15) is 0 Å². The van der Waals surface area contributed by atoms with Crippen molar-refractivity contribution in [3.05, 3.63) is 60.2 Å². The number of carboxylic acid groups (broad SMARTS) is 1. The number of anilines is 1. The lowest BCUT2D eigenvalue weighted by Crippen LogP contribution is -2.22. The van der Waals surface area contributed by atoms with Crippen molar-refractivity contribution in [3.8, 4) is 0 Å². The van der Waals surface area contributed by atoms with Gasteiger partial charge in [0.2, 0.25) is 0 Å². The van der Waals surface area contributed by atoms with E-state index in [1.54, 1.807) is 30.3 Å². The third kappa shape index (κ3) is 3.11. The number of carboxylic acids is 1. The molecule has 0 amide bonds. The number of carbonyl (C=O) groups is 1. The Morgan fingerprint density at radius 1 is 0.947 bits per heavy atom. The monoisotopic (exact) mass is 276 g/mol. The van der Waals surface area contributed by atoms with E-state index < -0.39 is 16.0 Å². The summed E-state index contributed by atoms with van der Waals surface area (Å²) in [5, 5.41) is 10.6. The van der Waals surface area contributed by atoms with Gasteiger partial charge in [-0.05, 0) is 29.8 Å². The van der Waals surface area contributed by atoms with Crippen LogP contribution in [0.2, 0.25) is 0 Å². The number of aromatic carboxylic acids is 1. The number of rotatable bonds is 4. The highest BCUT2D eigenvalue weighted by molar-refractivity contribution is 7.92. The predicted octanol–water partition coefficient (Wildman–Crippen LogP) is 0.851. The highest BCUT2D eigenvalue weighted by Crippen LogP contribution is 2.16. The van der Waals surface area contributed by atoms with E-state index in [-0.39, 0.29) is 10.5 Å². The van der Waals surface area contributed by atoms with Crippen molar-refractivity contribution >= 4 is 21.7 Å². The van der Waals surface area contributed by atoms with Gasteiger partial charge < -0.3 is 9.90 Å². The van der Waals surface area contributed by atoms with Crippen molar-refractivity contribution in [3.63, 3.8) is 0 Å². The number of carbonyl (C=O) groups excluding carboxylic acids is 1. The van der Waals surface area contributed by atoms with Gasteiger partial charge >= 0.3 is 0 Å². The predicted molar refractivity (Wildman–Crippen MR) is 68.0 cm³/mol. The Labute approximate surface area is 110 Å². The van der Waals surface area contributed by atoms with E-state index in [9.17, 15) is 18.3 Å². The van der Waals surface area contributed by atoms with E-state index in [1.165, 1.54) is 24.3 Å². The van der Waals surface area contributed by atoms with Gasteiger partial charge in [-0.15, -0.1) is 0 Å². The van der Waals surface area contributed by atoms with Crippen molar-refractivity contribution in [2.45, 2.75) is 4.90 Å². The Bertz CT molecular complexity index is 678. The Hall–Kier alpha value is -2.34. The lowest BCUT2D eigenvalue weighted by molar-refractivity contribution is -0.255. The Morgan fingerprint density at radius 3 is 2.05 bits per heavy atom. The first kappa shape index (κ1) is 13.1. The molecule has 98 valence electrons. The summed E-state index contributed by atoms with van der Waals surface area (Å²) in [4.78, 5) is 10.6. The summed E-state index contributed by atoms with van der Waals surface area (Å²) in [5.41, 5.74) is 0.366. The molecular weight excluding hydrogens is 266 g/mol. The fourth-order valence-electron chi connectivity index (χ4n) is 1.49. The van der Waals surface area contributed by atoms with Crippen molar-refractivity contribution in [1.82, 2.24) is 0 Å². The molecule has 1 N–H and O–H groups in total. The maximum atomic E-state index is 12.0. The fraction of sp³-hybridized carbons (Fsp3) is 0. The van der Waals surface area contributed by atoms with Crippen LogP contribution in [0.15, 0.2) is 59.5 Å². The molecule has 0 atom stereocenters. The molecule has 0 spiro atoms. The van der Waals surface area contributed by atoms with Gasteiger partial charge in [0, 0.05) is 5.69 Å². The molecule has 19 heavy (non-hydrogen) atoms. The van der Waals surface area contributed by atoms with E-state index in [0.717, 1.165) is 0 Å². The van der Waals surface area contributed by atoms with E-state index in [1.807, 2.05) is 0 Å². The van der Waals surface area contributed by atoms with Crippen LogP contribution in [-0.4, -0.2) is 14.4 Å². The second kappa shape index (κ2) is 5.11. The van der Waals surface area contributed by atoms with Crippen LogP contribution in [0.1, 0.15) is 10.4 Å². The maximum absolute atomic E-state index is 12.0. The molecule has 0 bridgehead atoms. The minimum absolute atomic E-state index is 0.0126. The SMILES string of the molecule is O=C([O-])c1ccc(S(=O)(=O)Nc2ccccc2)cc1. The number of sulfonamides is 1. The average molecular weight is 276 g/mol. The van der Waals surface area contributed by atoms with Gasteiger partial charge in [0.25, 0.3) is 10.0 Å². The minimum Gasteiger partial charge on any atom is -0.545 e. The summed E-state index contributed by atoms with van der Waals surface area (Å²) in [6.07, 6.45) is 0. The van der Waals surface area contributed by atoms with Crippen molar-refractivity contribution in [2.24, 2.45) is 0 Å². The molecule has 5 nitrogen and oxygen atoms in total. The zero-order chi connectivity index (χ0) is 13.9. The minimum atomic E-state index is -3.72. The van der Waals surface area contributed by atoms with Crippen LogP contribution in [0.4, 0.5) is 5.69 Å². The molecule has 0 aliphatic rings. The summed E-state index contributed by atoms with van der Waals surface area (Å²) in [7, 11) is -3.72. The molecule has 0 unspecified atom stereocenters. The summed E-state index contributed by atoms with van der Waals surface area (Å²) in [6, 6.07) is 13.2. The second-order valence-electron chi connectivity index (χ2n) is 3.78. The van der Waals surface area contributed by atoms with Crippen molar-refractivity contribution in [1.29, 1.82) is 0 Å². The van der Waals surface area contributed by atoms with Gasteiger partial charge in [-0.1, -0.05) is 30.3 Å². The Balaban J connectivity index is 2.27. The molecular formula is C13H10NO4S-.